The molecule has 0 radical (unpaired) electrons. The van der Waals surface area contributed by atoms with Crippen LogP contribution in [0.5, 0.6) is 5.88 Å². The number of carbonyl (C=O) groups excluding carboxylic acids is 1. The molecule has 3 heterocycles. The Balaban J connectivity index is 1.59. The number of piperazine rings is 1. The molecule has 1 aromatic rings. The summed E-state index contributed by atoms with van der Waals surface area (Å²) in [5.41, 5.74) is 0.620. The normalized spacial score (nSPS) is 23.3. The lowest BCUT2D eigenvalue weighted by Gasteiger charge is -2.32. The number of ether oxygens (including phenoxy) is 2. The maximum Gasteiger partial charge on any atom is 0.255 e. The van der Waals surface area contributed by atoms with E-state index in [0.717, 1.165) is 39.2 Å². The second-order valence-corrected chi connectivity index (χ2v) is 5.58. The monoisotopic (exact) mass is 291 g/mol. The van der Waals surface area contributed by atoms with E-state index in [-0.39, 0.29) is 12.0 Å². The minimum atomic E-state index is 0.0475. The van der Waals surface area contributed by atoms with Crippen LogP contribution in [0.25, 0.3) is 0 Å². The van der Waals surface area contributed by atoms with Crippen molar-refractivity contribution in [2.75, 3.05) is 46.4 Å². The van der Waals surface area contributed by atoms with E-state index >= 15 is 0 Å². The van der Waals surface area contributed by atoms with Crippen molar-refractivity contribution in [3.8, 4) is 5.88 Å². The molecule has 1 atom stereocenters. The number of aromatic nitrogens is 1. The van der Waals surface area contributed by atoms with Crippen LogP contribution in [0.4, 0.5) is 0 Å². The first-order valence-corrected chi connectivity index (χ1v) is 7.40. The molecule has 6 nitrogen and oxygen atoms in total. The van der Waals surface area contributed by atoms with Gasteiger partial charge < -0.3 is 19.3 Å². The van der Waals surface area contributed by atoms with Crippen molar-refractivity contribution < 1.29 is 14.3 Å². The van der Waals surface area contributed by atoms with Crippen LogP contribution in [0.2, 0.25) is 0 Å². The van der Waals surface area contributed by atoms with Gasteiger partial charge in [-0.1, -0.05) is 0 Å². The lowest BCUT2D eigenvalue weighted by Crippen LogP contribution is -2.47. The summed E-state index contributed by atoms with van der Waals surface area (Å²) in [6.45, 7) is 4.73. The van der Waals surface area contributed by atoms with Crippen LogP contribution in [-0.4, -0.2) is 73.2 Å². The quantitative estimate of drug-likeness (QED) is 0.818. The third-order valence-electron chi connectivity index (χ3n) is 3.95. The maximum absolute atomic E-state index is 12.4. The number of carbonyl (C=O) groups is 1. The van der Waals surface area contributed by atoms with Gasteiger partial charge in [0, 0.05) is 44.9 Å². The molecule has 1 unspecified atom stereocenters. The van der Waals surface area contributed by atoms with Crippen molar-refractivity contribution in [1.29, 1.82) is 0 Å². The molecular weight excluding hydrogens is 270 g/mol. The summed E-state index contributed by atoms with van der Waals surface area (Å²) >= 11 is 0. The van der Waals surface area contributed by atoms with Gasteiger partial charge in [-0.05, 0) is 13.1 Å². The lowest BCUT2D eigenvalue weighted by molar-refractivity contribution is 0.0663. The molecule has 2 aliphatic heterocycles. The maximum atomic E-state index is 12.4. The van der Waals surface area contributed by atoms with E-state index in [0.29, 0.717) is 18.1 Å². The fourth-order valence-electron chi connectivity index (χ4n) is 2.55. The molecule has 0 spiro atoms. The van der Waals surface area contributed by atoms with Crippen LogP contribution in [0.3, 0.4) is 0 Å². The molecule has 21 heavy (non-hydrogen) atoms. The SMILES string of the molecule is CN1CCN(C(=O)c2ccc(OC3CCOC3)nc2)CC1. The minimum absolute atomic E-state index is 0.0475. The molecule has 6 heteroatoms. The van der Waals surface area contributed by atoms with Gasteiger partial charge >= 0.3 is 0 Å². The molecule has 0 saturated carbocycles. The van der Waals surface area contributed by atoms with Crippen LogP contribution in [-0.2, 0) is 4.74 Å². The number of likely N-dealkylation sites (N-methyl/N-ethyl adjacent to an activating group) is 1. The molecule has 0 N–H and O–H groups in total. The van der Waals surface area contributed by atoms with Crippen molar-refractivity contribution >= 4 is 5.91 Å². The van der Waals surface area contributed by atoms with E-state index in [1.54, 1.807) is 18.3 Å². The Bertz CT molecular complexity index is 477. The van der Waals surface area contributed by atoms with Gasteiger partial charge in [-0.3, -0.25) is 4.79 Å². The van der Waals surface area contributed by atoms with Gasteiger partial charge in [0.2, 0.25) is 5.88 Å². The molecular formula is C15H21N3O3. The Hall–Kier alpha value is -1.66. The van der Waals surface area contributed by atoms with Gasteiger partial charge in [0.1, 0.15) is 6.10 Å². The van der Waals surface area contributed by atoms with Gasteiger partial charge in [-0.2, -0.15) is 0 Å². The summed E-state index contributed by atoms with van der Waals surface area (Å²) in [5.74, 6) is 0.603. The molecule has 0 aromatic carbocycles. The fraction of sp³-hybridized carbons (Fsp3) is 0.600. The highest BCUT2D eigenvalue weighted by atomic mass is 16.5. The Morgan fingerprint density at radius 2 is 2.14 bits per heavy atom. The smallest absolute Gasteiger partial charge is 0.255 e. The van der Waals surface area contributed by atoms with E-state index in [4.69, 9.17) is 9.47 Å². The van der Waals surface area contributed by atoms with Gasteiger partial charge in [0.15, 0.2) is 0 Å². The highest BCUT2D eigenvalue weighted by molar-refractivity contribution is 5.94. The van der Waals surface area contributed by atoms with Gasteiger partial charge in [-0.25, -0.2) is 4.98 Å². The molecule has 1 aromatic heterocycles. The molecule has 0 bridgehead atoms. The number of rotatable bonds is 3. The highest BCUT2D eigenvalue weighted by Crippen LogP contribution is 2.15. The fourth-order valence-corrected chi connectivity index (χ4v) is 2.55. The summed E-state index contributed by atoms with van der Waals surface area (Å²) in [6, 6.07) is 3.56. The van der Waals surface area contributed by atoms with Crippen LogP contribution < -0.4 is 4.74 Å². The van der Waals surface area contributed by atoms with Crippen molar-refractivity contribution in [3.63, 3.8) is 0 Å². The first-order chi connectivity index (χ1) is 10.2. The van der Waals surface area contributed by atoms with E-state index in [1.807, 2.05) is 4.90 Å². The Labute approximate surface area is 124 Å². The number of hydrogen-bond acceptors (Lipinski definition) is 5. The zero-order chi connectivity index (χ0) is 14.7. The average molecular weight is 291 g/mol. The van der Waals surface area contributed by atoms with E-state index in [2.05, 4.69) is 16.9 Å². The predicted octanol–water partition coefficient (Wildman–Crippen LogP) is 0.637. The standard InChI is InChI=1S/C15H21N3O3/c1-17-5-7-18(8-6-17)15(19)12-2-3-14(16-10-12)21-13-4-9-20-11-13/h2-3,10,13H,4-9,11H2,1H3. The summed E-state index contributed by atoms with van der Waals surface area (Å²) in [5, 5.41) is 0. The highest BCUT2D eigenvalue weighted by Gasteiger charge is 2.21. The van der Waals surface area contributed by atoms with Gasteiger partial charge in [0.05, 0.1) is 18.8 Å². The van der Waals surface area contributed by atoms with Gasteiger partial charge in [-0.15, -0.1) is 0 Å². The number of nitrogens with zero attached hydrogens (tertiary/aromatic N) is 3. The molecule has 1 amide bonds. The van der Waals surface area contributed by atoms with Crippen LogP contribution in [0.15, 0.2) is 18.3 Å². The van der Waals surface area contributed by atoms with Crippen molar-refractivity contribution in [1.82, 2.24) is 14.8 Å². The Morgan fingerprint density at radius 1 is 1.33 bits per heavy atom. The first-order valence-electron chi connectivity index (χ1n) is 7.40. The van der Waals surface area contributed by atoms with Crippen molar-refractivity contribution in [2.24, 2.45) is 0 Å². The predicted molar refractivity (Wildman–Crippen MR) is 77.5 cm³/mol. The molecule has 0 aliphatic carbocycles. The summed E-state index contributed by atoms with van der Waals surface area (Å²) in [7, 11) is 2.07. The van der Waals surface area contributed by atoms with E-state index in [1.165, 1.54) is 0 Å². The largest absolute Gasteiger partial charge is 0.472 e. The van der Waals surface area contributed by atoms with Crippen molar-refractivity contribution in [2.45, 2.75) is 12.5 Å². The second kappa shape index (κ2) is 6.41. The summed E-state index contributed by atoms with van der Waals surface area (Å²) in [6.07, 6.45) is 2.58. The Kier molecular flexibility index (Phi) is 4.36. The minimum Gasteiger partial charge on any atom is -0.472 e. The lowest BCUT2D eigenvalue weighted by atomic mass is 10.2. The van der Waals surface area contributed by atoms with E-state index in [9.17, 15) is 4.79 Å². The topological polar surface area (TPSA) is 54.9 Å². The molecule has 2 saturated heterocycles. The Morgan fingerprint density at radius 3 is 2.76 bits per heavy atom. The summed E-state index contributed by atoms with van der Waals surface area (Å²) < 4.78 is 11.0. The van der Waals surface area contributed by atoms with Crippen LogP contribution in [0.1, 0.15) is 16.8 Å². The zero-order valence-electron chi connectivity index (χ0n) is 12.3. The molecule has 2 aliphatic rings. The third kappa shape index (κ3) is 3.51. The van der Waals surface area contributed by atoms with E-state index < -0.39 is 0 Å². The number of amides is 1. The molecule has 3 rings (SSSR count). The molecule has 114 valence electrons. The summed E-state index contributed by atoms with van der Waals surface area (Å²) in [4.78, 5) is 20.7. The molecule has 2 fully saturated rings. The first kappa shape index (κ1) is 14.3. The third-order valence-corrected chi connectivity index (χ3v) is 3.95. The van der Waals surface area contributed by atoms with Crippen molar-refractivity contribution in [3.05, 3.63) is 23.9 Å². The van der Waals surface area contributed by atoms with Gasteiger partial charge in [0.25, 0.3) is 5.91 Å². The number of pyridine rings is 1. The second-order valence-electron chi connectivity index (χ2n) is 5.58. The number of hydrogen-bond donors (Lipinski definition) is 0. The average Bonchev–Trinajstić information content (AvgIpc) is 3.01. The van der Waals surface area contributed by atoms with Crippen LogP contribution in [0, 0.1) is 0 Å². The van der Waals surface area contributed by atoms with Crippen LogP contribution >= 0.6 is 0 Å². The zero-order valence-corrected chi connectivity index (χ0v) is 12.3.